The van der Waals surface area contributed by atoms with E-state index in [1.165, 1.54) is 23.1 Å². The standard InChI is InChI=1S/C17H18F3N3O2/c1-22-7-6-11(21-22)8-16(25)23-10-12(24)9-15(23)13-4-2-3-5-14(13)17(18,19)20/h2-7,12,15,24H,8-10H2,1H3. The Morgan fingerprint density at radius 3 is 2.68 bits per heavy atom. The largest absolute Gasteiger partial charge is 0.416 e. The van der Waals surface area contributed by atoms with Gasteiger partial charge < -0.3 is 10.0 Å². The summed E-state index contributed by atoms with van der Waals surface area (Å²) in [5, 5.41) is 14.1. The van der Waals surface area contributed by atoms with E-state index in [2.05, 4.69) is 5.10 Å². The second-order valence-corrected chi connectivity index (χ2v) is 6.19. The third-order valence-corrected chi connectivity index (χ3v) is 4.33. The maximum absolute atomic E-state index is 13.3. The summed E-state index contributed by atoms with van der Waals surface area (Å²) in [7, 11) is 1.72. The van der Waals surface area contributed by atoms with Crippen LogP contribution in [0.25, 0.3) is 0 Å². The number of likely N-dealkylation sites (tertiary alicyclic amines) is 1. The molecule has 3 rings (SSSR count). The summed E-state index contributed by atoms with van der Waals surface area (Å²) >= 11 is 0. The van der Waals surface area contributed by atoms with Gasteiger partial charge in [0.15, 0.2) is 0 Å². The summed E-state index contributed by atoms with van der Waals surface area (Å²) in [6.45, 7) is 0.0164. The zero-order valence-corrected chi connectivity index (χ0v) is 13.6. The van der Waals surface area contributed by atoms with Crippen molar-refractivity contribution < 1.29 is 23.1 Å². The molecule has 1 aliphatic rings. The van der Waals surface area contributed by atoms with Gasteiger partial charge in [-0.2, -0.15) is 18.3 Å². The van der Waals surface area contributed by atoms with E-state index in [9.17, 15) is 23.1 Å². The fourth-order valence-electron chi connectivity index (χ4n) is 3.24. The number of hydrogen-bond donors (Lipinski definition) is 1. The SMILES string of the molecule is Cn1ccc(CC(=O)N2CC(O)CC2c2ccccc2C(F)(F)F)n1. The Morgan fingerprint density at radius 2 is 2.04 bits per heavy atom. The number of alkyl halides is 3. The average molecular weight is 353 g/mol. The van der Waals surface area contributed by atoms with Crippen LogP contribution in [0.4, 0.5) is 13.2 Å². The lowest BCUT2D eigenvalue weighted by molar-refractivity contribution is -0.140. The van der Waals surface area contributed by atoms with Crippen LogP contribution in [-0.2, 0) is 24.4 Å². The van der Waals surface area contributed by atoms with E-state index >= 15 is 0 Å². The highest BCUT2D eigenvalue weighted by molar-refractivity contribution is 5.79. The van der Waals surface area contributed by atoms with E-state index in [-0.39, 0.29) is 30.9 Å². The molecule has 0 spiro atoms. The topological polar surface area (TPSA) is 58.4 Å². The number of carbonyl (C=O) groups excluding carboxylic acids is 1. The smallest absolute Gasteiger partial charge is 0.391 e. The summed E-state index contributed by atoms with van der Waals surface area (Å²) in [6.07, 6.45) is -3.60. The van der Waals surface area contributed by atoms with Crippen LogP contribution in [-0.4, -0.2) is 38.3 Å². The van der Waals surface area contributed by atoms with E-state index in [4.69, 9.17) is 0 Å². The van der Waals surface area contributed by atoms with Crippen LogP contribution in [0, 0.1) is 0 Å². The molecule has 2 heterocycles. The Morgan fingerprint density at radius 1 is 1.32 bits per heavy atom. The number of benzene rings is 1. The molecule has 5 nitrogen and oxygen atoms in total. The minimum absolute atomic E-state index is 0.0147. The molecule has 2 aromatic rings. The van der Waals surface area contributed by atoms with Crippen molar-refractivity contribution in [2.24, 2.45) is 7.05 Å². The number of aryl methyl sites for hydroxylation is 1. The maximum atomic E-state index is 13.3. The minimum Gasteiger partial charge on any atom is -0.391 e. The highest BCUT2D eigenvalue weighted by Crippen LogP contribution is 2.40. The Kier molecular flexibility index (Phi) is 4.55. The van der Waals surface area contributed by atoms with Crippen molar-refractivity contribution in [1.82, 2.24) is 14.7 Å². The Bertz CT molecular complexity index is 772. The van der Waals surface area contributed by atoms with E-state index in [1.54, 1.807) is 24.0 Å². The number of halogens is 3. The van der Waals surface area contributed by atoms with Gasteiger partial charge in [-0.1, -0.05) is 18.2 Å². The molecule has 2 unspecified atom stereocenters. The van der Waals surface area contributed by atoms with Crippen LogP contribution < -0.4 is 0 Å². The molecular formula is C17H18F3N3O2. The van der Waals surface area contributed by atoms with Crippen LogP contribution >= 0.6 is 0 Å². The minimum atomic E-state index is -4.51. The molecular weight excluding hydrogens is 335 g/mol. The van der Waals surface area contributed by atoms with Crippen LogP contribution in [0.5, 0.6) is 0 Å². The van der Waals surface area contributed by atoms with Crippen LogP contribution in [0.3, 0.4) is 0 Å². The molecule has 1 N–H and O–H groups in total. The molecule has 1 aromatic carbocycles. The van der Waals surface area contributed by atoms with Gasteiger partial charge in [0.05, 0.1) is 29.8 Å². The second-order valence-electron chi connectivity index (χ2n) is 6.19. The first-order chi connectivity index (χ1) is 11.8. The van der Waals surface area contributed by atoms with Gasteiger partial charge in [0.1, 0.15) is 0 Å². The van der Waals surface area contributed by atoms with Crippen molar-refractivity contribution in [3.63, 3.8) is 0 Å². The molecule has 1 saturated heterocycles. The molecule has 1 amide bonds. The summed E-state index contributed by atoms with van der Waals surface area (Å²) in [6, 6.07) is 6.08. The number of aliphatic hydroxyl groups excluding tert-OH is 1. The number of aromatic nitrogens is 2. The van der Waals surface area contributed by atoms with Crippen molar-refractivity contribution in [2.75, 3.05) is 6.54 Å². The number of β-amino-alcohol motifs (C(OH)–C–C–N with tert-alkyl or cyclic N) is 1. The van der Waals surface area contributed by atoms with Gasteiger partial charge in [0.25, 0.3) is 0 Å². The predicted molar refractivity (Wildman–Crippen MR) is 83.4 cm³/mol. The summed E-state index contributed by atoms with van der Waals surface area (Å²) in [5.41, 5.74) is -0.220. The fourth-order valence-corrected chi connectivity index (χ4v) is 3.24. The molecule has 8 heteroatoms. The Balaban J connectivity index is 1.89. The maximum Gasteiger partial charge on any atom is 0.416 e. The van der Waals surface area contributed by atoms with Gasteiger partial charge in [0, 0.05) is 19.8 Å². The molecule has 25 heavy (non-hydrogen) atoms. The zero-order valence-electron chi connectivity index (χ0n) is 13.6. The third kappa shape index (κ3) is 3.68. The lowest BCUT2D eigenvalue weighted by atomic mass is 9.97. The number of aliphatic hydroxyl groups is 1. The summed E-state index contributed by atoms with van der Waals surface area (Å²) in [4.78, 5) is 13.9. The van der Waals surface area contributed by atoms with Crippen LogP contribution in [0.15, 0.2) is 36.5 Å². The first-order valence-electron chi connectivity index (χ1n) is 7.88. The van der Waals surface area contributed by atoms with Gasteiger partial charge in [0.2, 0.25) is 5.91 Å². The molecule has 0 bridgehead atoms. The van der Waals surface area contributed by atoms with Crippen LogP contribution in [0.1, 0.15) is 29.3 Å². The van der Waals surface area contributed by atoms with Gasteiger partial charge >= 0.3 is 6.18 Å². The molecule has 134 valence electrons. The third-order valence-electron chi connectivity index (χ3n) is 4.33. The van der Waals surface area contributed by atoms with Crippen molar-refractivity contribution in [1.29, 1.82) is 0 Å². The second kappa shape index (κ2) is 6.51. The number of rotatable bonds is 3. The van der Waals surface area contributed by atoms with Crippen LogP contribution in [0.2, 0.25) is 0 Å². The first-order valence-corrected chi connectivity index (χ1v) is 7.88. The fraction of sp³-hybridized carbons (Fsp3) is 0.412. The quantitative estimate of drug-likeness (QED) is 0.921. The van der Waals surface area contributed by atoms with Gasteiger partial charge in [-0.3, -0.25) is 9.48 Å². The van der Waals surface area contributed by atoms with E-state index in [1.807, 2.05) is 0 Å². The highest BCUT2D eigenvalue weighted by Gasteiger charge is 2.41. The van der Waals surface area contributed by atoms with Crippen molar-refractivity contribution in [3.8, 4) is 0 Å². The number of nitrogens with zero attached hydrogens (tertiary/aromatic N) is 3. The lowest BCUT2D eigenvalue weighted by Crippen LogP contribution is -2.34. The van der Waals surface area contributed by atoms with Gasteiger partial charge in [-0.05, 0) is 24.1 Å². The van der Waals surface area contributed by atoms with Gasteiger partial charge in [-0.25, -0.2) is 0 Å². The first kappa shape index (κ1) is 17.5. The molecule has 1 aliphatic heterocycles. The molecule has 2 atom stereocenters. The normalized spacial score (nSPS) is 20.9. The number of amides is 1. The van der Waals surface area contributed by atoms with Gasteiger partial charge in [-0.15, -0.1) is 0 Å². The zero-order chi connectivity index (χ0) is 18.2. The number of carbonyl (C=O) groups is 1. The highest BCUT2D eigenvalue weighted by atomic mass is 19.4. The molecule has 0 saturated carbocycles. The Labute approximate surface area is 142 Å². The van der Waals surface area contributed by atoms with Crippen molar-refractivity contribution in [3.05, 3.63) is 53.3 Å². The molecule has 1 fully saturated rings. The van der Waals surface area contributed by atoms with E-state index in [0.717, 1.165) is 6.07 Å². The monoisotopic (exact) mass is 353 g/mol. The molecule has 0 aliphatic carbocycles. The van der Waals surface area contributed by atoms with Crippen molar-refractivity contribution in [2.45, 2.75) is 31.2 Å². The Hall–Kier alpha value is -2.35. The molecule has 1 aromatic heterocycles. The lowest BCUT2D eigenvalue weighted by Gasteiger charge is -2.27. The summed E-state index contributed by atoms with van der Waals surface area (Å²) < 4.78 is 41.4. The summed E-state index contributed by atoms with van der Waals surface area (Å²) in [5.74, 6) is -0.350. The van der Waals surface area contributed by atoms with E-state index in [0.29, 0.717) is 5.69 Å². The predicted octanol–water partition coefficient (Wildman–Crippen LogP) is 2.32. The van der Waals surface area contributed by atoms with Crippen molar-refractivity contribution >= 4 is 5.91 Å². The molecule has 0 radical (unpaired) electrons. The van der Waals surface area contributed by atoms with E-state index < -0.39 is 23.9 Å². The average Bonchev–Trinajstić information content (AvgIpc) is 3.12. The number of hydrogen-bond acceptors (Lipinski definition) is 3.